The van der Waals surface area contributed by atoms with Crippen molar-refractivity contribution >= 4 is 17.9 Å². The van der Waals surface area contributed by atoms with Crippen LogP contribution in [0.5, 0.6) is 0 Å². The van der Waals surface area contributed by atoms with Crippen molar-refractivity contribution < 1.29 is 28.6 Å². The van der Waals surface area contributed by atoms with Crippen molar-refractivity contribution in [3.8, 4) is 0 Å². The van der Waals surface area contributed by atoms with Crippen molar-refractivity contribution in [1.82, 2.24) is 0 Å². The summed E-state index contributed by atoms with van der Waals surface area (Å²) in [7, 11) is 0. The van der Waals surface area contributed by atoms with E-state index in [0.29, 0.717) is 19.3 Å². The minimum Gasteiger partial charge on any atom is -0.462 e. The lowest BCUT2D eigenvalue weighted by Crippen LogP contribution is -2.30. The fraction of sp³-hybridized carbons (Fsp3) is 0.776. The van der Waals surface area contributed by atoms with Gasteiger partial charge in [0.15, 0.2) is 6.10 Å². The highest BCUT2D eigenvalue weighted by Gasteiger charge is 2.19. The molecule has 0 radical (unpaired) electrons. The Morgan fingerprint density at radius 1 is 0.274 bits per heavy atom. The van der Waals surface area contributed by atoms with Crippen molar-refractivity contribution in [1.29, 1.82) is 0 Å². The number of rotatable bonds is 57. The molecular formula is C67H118O6. The van der Waals surface area contributed by atoms with E-state index in [9.17, 15) is 14.4 Å². The Bertz CT molecular complexity index is 1360. The van der Waals surface area contributed by atoms with E-state index in [2.05, 4.69) is 93.7 Å². The maximum absolute atomic E-state index is 12.9. The van der Waals surface area contributed by atoms with Crippen LogP contribution >= 0.6 is 0 Å². The Morgan fingerprint density at radius 2 is 0.493 bits per heavy atom. The van der Waals surface area contributed by atoms with Gasteiger partial charge in [0.1, 0.15) is 13.2 Å². The molecule has 0 aliphatic heterocycles. The van der Waals surface area contributed by atoms with Gasteiger partial charge in [-0.05, 0) is 116 Å². The van der Waals surface area contributed by atoms with E-state index in [0.717, 1.165) is 96.3 Å². The molecule has 6 heteroatoms. The largest absolute Gasteiger partial charge is 0.462 e. The Balaban J connectivity index is 4.35. The predicted molar refractivity (Wildman–Crippen MR) is 316 cm³/mol. The normalized spacial score (nSPS) is 12.5. The van der Waals surface area contributed by atoms with Crippen LogP contribution in [0.3, 0.4) is 0 Å². The van der Waals surface area contributed by atoms with Crippen molar-refractivity contribution in [2.45, 2.75) is 322 Å². The van der Waals surface area contributed by atoms with E-state index >= 15 is 0 Å². The molecule has 0 bridgehead atoms. The average Bonchev–Trinajstić information content (AvgIpc) is 3.39. The molecule has 0 saturated heterocycles. The minimum absolute atomic E-state index is 0.0834. The zero-order valence-electron chi connectivity index (χ0n) is 48.4. The van der Waals surface area contributed by atoms with E-state index in [4.69, 9.17) is 14.2 Å². The topological polar surface area (TPSA) is 78.9 Å². The smallest absolute Gasteiger partial charge is 0.306 e. The minimum atomic E-state index is -0.787. The highest BCUT2D eigenvalue weighted by Crippen LogP contribution is 2.16. The van der Waals surface area contributed by atoms with Crippen LogP contribution in [0.4, 0.5) is 0 Å². The molecule has 0 saturated carbocycles. The molecule has 0 N–H and O–H groups in total. The lowest BCUT2D eigenvalue weighted by atomic mass is 10.0. The summed E-state index contributed by atoms with van der Waals surface area (Å²) in [5.41, 5.74) is 0. The SMILES string of the molecule is CCCCC/C=C\C/C=C\C/C=C\CCCCCCCCC(=O)OC(COC(=O)CCCCCCC/C=C\CCCCCC)COC(=O)CCCCCCCCCCCCC/C=C\C/C=C\CCCCCCC. The third kappa shape index (κ3) is 59.6. The average molecular weight is 1020 g/mol. The quantitative estimate of drug-likeness (QED) is 0.0261. The van der Waals surface area contributed by atoms with Crippen molar-refractivity contribution in [2.24, 2.45) is 0 Å². The fourth-order valence-electron chi connectivity index (χ4n) is 8.89. The molecule has 0 aromatic heterocycles. The summed E-state index contributed by atoms with van der Waals surface area (Å²) in [6.45, 7) is 6.60. The van der Waals surface area contributed by atoms with Gasteiger partial charge in [-0.1, -0.05) is 254 Å². The Hall–Kier alpha value is -3.15. The third-order valence-corrected chi connectivity index (χ3v) is 13.7. The zero-order chi connectivity index (χ0) is 52.9. The molecule has 0 amide bonds. The van der Waals surface area contributed by atoms with Gasteiger partial charge in [-0.3, -0.25) is 14.4 Å². The van der Waals surface area contributed by atoms with Gasteiger partial charge in [-0.15, -0.1) is 0 Å². The maximum Gasteiger partial charge on any atom is 0.306 e. The molecule has 0 fully saturated rings. The number of carbonyl (C=O) groups excluding carboxylic acids is 3. The molecule has 6 nitrogen and oxygen atoms in total. The summed E-state index contributed by atoms with van der Waals surface area (Å²) >= 11 is 0. The molecule has 1 unspecified atom stereocenters. The second kappa shape index (κ2) is 61.4. The monoisotopic (exact) mass is 1020 g/mol. The summed E-state index contributed by atoms with van der Waals surface area (Å²) in [6.07, 6.45) is 79.0. The molecule has 0 aliphatic rings. The first-order valence-electron chi connectivity index (χ1n) is 31.4. The van der Waals surface area contributed by atoms with Crippen LogP contribution in [-0.4, -0.2) is 37.2 Å². The summed E-state index contributed by atoms with van der Waals surface area (Å²) in [6, 6.07) is 0. The Morgan fingerprint density at radius 3 is 0.822 bits per heavy atom. The van der Waals surface area contributed by atoms with Crippen LogP contribution in [0, 0.1) is 0 Å². The Labute approximate surface area is 453 Å². The molecule has 422 valence electrons. The van der Waals surface area contributed by atoms with Crippen LogP contribution < -0.4 is 0 Å². The summed E-state index contributed by atoms with van der Waals surface area (Å²) < 4.78 is 16.9. The van der Waals surface area contributed by atoms with Gasteiger partial charge in [0, 0.05) is 19.3 Å². The van der Waals surface area contributed by atoms with E-state index in [1.165, 1.54) is 180 Å². The molecule has 0 aliphatic carbocycles. The van der Waals surface area contributed by atoms with Crippen LogP contribution in [-0.2, 0) is 28.6 Å². The number of hydrogen-bond acceptors (Lipinski definition) is 6. The summed E-state index contributed by atoms with van der Waals surface area (Å²) in [5, 5.41) is 0. The first-order valence-corrected chi connectivity index (χ1v) is 31.4. The first kappa shape index (κ1) is 69.8. The highest BCUT2D eigenvalue weighted by molar-refractivity contribution is 5.71. The second-order valence-electron chi connectivity index (χ2n) is 21.0. The number of ether oxygens (including phenoxy) is 3. The number of unbranched alkanes of at least 4 members (excludes halogenated alkanes) is 34. The fourth-order valence-corrected chi connectivity index (χ4v) is 8.89. The van der Waals surface area contributed by atoms with Crippen LogP contribution in [0.15, 0.2) is 72.9 Å². The lowest BCUT2D eigenvalue weighted by Gasteiger charge is -2.18. The maximum atomic E-state index is 12.9. The molecule has 0 spiro atoms. The van der Waals surface area contributed by atoms with Gasteiger partial charge < -0.3 is 14.2 Å². The molecule has 73 heavy (non-hydrogen) atoms. The van der Waals surface area contributed by atoms with E-state index in [-0.39, 0.29) is 31.1 Å². The van der Waals surface area contributed by atoms with E-state index in [1.807, 2.05) is 0 Å². The van der Waals surface area contributed by atoms with Crippen molar-refractivity contribution in [2.75, 3.05) is 13.2 Å². The molecule has 1 atom stereocenters. The van der Waals surface area contributed by atoms with Crippen LogP contribution in [0.25, 0.3) is 0 Å². The highest BCUT2D eigenvalue weighted by atomic mass is 16.6. The Kier molecular flexibility index (Phi) is 58.7. The van der Waals surface area contributed by atoms with Gasteiger partial charge >= 0.3 is 17.9 Å². The molecular weight excluding hydrogens is 901 g/mol. The van der Waals surface area contributed by atoms with Crippen LogP contribution in [0.1, 0.15) is 316 Å². The van der Waals surface area contributed by atoms with Crippen LogP contribution in [0.2, 0.25) is 0 Å². The first-order chi connectivity index (χ1) is 36.0. The standard InChI is InChI=1S/C67H118O6/c1-4-7-10-13-16-19-22-25-27-29-31-32-33-34-36-37-39-42-45-48-51-54-57-60-66(69)72-63-64(62-71-65(68)59-56-53-50-47-44-41-24-21-18-15-12-9-6-3)73-67(70)61-58-55-52-49-46-43-40-38-35-30-28-26-23-20-17-14-11-8-5-2/h17,20-22,24-26,28-29,31,35,38,64H,4-16,18-19,23,27,30,32-34,36-37,39-63H2,1-3H3/b20-17-,24-21-,25-22-,28-26-,31-29-,38-35-. The van der Waals surface area contributed by atoms with E-state index in [1.54, 1.807) is 0 Å². The number of carbonyl (C=O) groups is 3. The zero-order valence-corrected chi connectivity index (χ0v) is 48.4. The number of allylic oxidation sites excluding steroid dienone is 12. The molecule has 0 heterocycles. The van der Waals surface area contributed by atoms with Gasteiger partial charge in [-0.25, -0.2) is 0 Å². The van der Waals surface area contributed by atoms with Gasteiger partial charge in [0.2, 0.25) is 0 Å². The predicted octanol–water partition coefficient (Wildman–Crippen LogP) is 21.3. The van der Waals surface area contributed by atoms with Gasteiger partial charge in [-0.2, -0.15) is 0 Å². The molecule has 0 rings (SSSR count). The molecule has 0 aromatic carbocycles. The third-order valence-electron chi connectivity index (χ3n) is 13.7. The lowest BCUT2D eigenvalue weighted by molar-refractivity contribution is -0.167. The van der Waals surface area contributed by atoms with E-state index < -0.39 is 6.10 Å². The van der Waals surface area contributed by atoms with Gasteiger partial charge in [0.25, 0.3) is 0 Å². The second-order valence-corrected chi connectivity index (χ2v) is 21.0. The summed E-state index contributed by atoms with van der Waals surface area (Å²) in [4.78, 5) is 38.3. The summed E-state index contributed by atoms with van der Waals surface area (Å²) in [5.74, 6) is -0.895. The number of hydrogen-bond donors (Lipinski definition) is 0. The molecule has 0 aromatic rings. The van der Waals surface area contributed by atoms with Gasteiger partial charge in [0.05, 0.1) is 0 Å². The van der Waals surface area contributed by atoms with Crippen molar-refractivity contribution in [3.63, 3.8) is 0 Å². The van der Waals surface area contributed by atoms with Crippen molar-refractivity contribution in [3.05, 3.63) is 72.9 Å². The number of esters is 3.